The summed E-state index contributed by atoms with van der Waals surface area (Å²) in [4.78, 5) is 0. The molecule has 2 rings (SSSR count). The summed E-state index contributed by atoms with van der Waals surface area (Å²) in [5.74, 6) is 0. The molecule has 3 nitrogen and oxygen atoms in total. The minimum absolute atomic E-state index is 0.482. The van der Waals surface area contributed by atoms with E-state index in [0.29, 0.717) is 6.04 Å². The molecule has 0 radical (unpaired) electrons. The molecule has 1 aromatic rings. The summed E-state index contributed by atoms with van der Waals surface area (Å²) in [5, 5.41) is 3.57. The summed E-state index contributed by atoms with van der Waals surface area (Å²) in [5.41, 5.74) is 9.49. The summed E-state index contributed by atoms with van der Waals surface area (Å²) in [6.45, 7) is 4.80. The summed E-state index contributed by atoms with van der Waals surface area (Å²) in [6, 6.07) is 6.74. The van der Waals surface area contributed by atoms with Gasteiger partial charge in [0.2, 0.25) is 0 Å². The van der Waals surface area contributed by atoms with E-state index < -0.39 is 0 Å². The maximum atomic E-state index is 5.80. The monoisotopic (exact) mass is 248 g/mol. The highest BCUT2D eigenvalue weighted by molar-refractivity contribution is 5.47. The first-order valence-electron chi connectivity index (χ1n) is 7.00. The molecule has 1 aliphatic carbocycles. The smallest absolute Gasteiger partial charge is 0.0591 e. The van der Waals surface area contributed by atoms with Crippen LogP contribution < -0.4 is 11.1 Å². The molecule has 1 unspecified atom stereocenters. The Morgan fingerprint density at radius 3 is 3.11 bits per heavy atom. The number of ether oxygens (including phenoxy) is 1. The molecule has 0 amide bonds. The molecule has 3 heteroatoms. The Morgan fingerprint density at radius 2 is 2.28 bits per heavy atom. The van der Waals surface area contributed by atoms with Gasteiger partial charge in [0.25, 0.3) is 0 Å². The highest BCUT2D eigenvalue weighted by atomic mass is 16.5. The first-order chi connectivity index (χ1) is 8.81. The van der Waals surface area contributed by atoms with Crippen molar-refractivity contribution in [3.8, 4) is 0 Å². The largest absolute Gasteiger partial charge is 0.399 e. The first kappa shape index (κ1) is 13.4. The Kier molecular flexibility index (Phi) is 5.02. The van der Waals surface area contributed by atoms with Crippen LogP contribution in [-0.4, -0.2) is 19.8 Å². The third-order valence-corrected chi connectivity index (χ3v) is 3.52. The minimum Gasteiger partial charge on any atom is -0.399 e. The zero-order valence-corrected chi connectivity index (χ0v) is 11.2. The molecule has 0 saturated carbocycles. The van der Waals surface area contributed by atoms with Gasteiger partial charge in [0.1, 0.15) is 0 Å². The molecule has 0 bridgehead atoms. The lowest BCUT2D eigenvalue weighted by Gasteiger charge is -2.14. The van der Waals surface area contributed by atoms with Crippen LogP contribution in [0.15, 0.2) is 18.2 Å². The van der Waals surface area contributed by atoms with Gasteiger partial charge in [-0.2, -0.15) is 0 Å². The fourth-order valence-electron chi connectivity index (χ4n) is 2.50. The molecule has 0 aliphatic heterocycles. The van der Waals surface area contributed by atoms with Crippen LogP contribution in [0.5, 0.6) is 0 Å². The molecular weight excluding hydrogens is 224 g/mol. The Morgan fingerprint density at radius 1 is 1.39 bits per heavy atom. The van der Waals surface area contributed by atoms with Gasteiger partial charge in [-0.05, 0) is 42.5 Å². The van der Waals surface area contributed by atoms with E-state index >= 15 is 0 Å². The van der Waals surface area contributed by atoms with E-state index in [1.165, 1.54) is 24.0 Å². The number of fused-ring (bicyclic) bond motifs is 1. The number of nitrogen functional groups attached to an aromatic ring is 1. The van der Waals surface area contributed by atoms with Gasteiger partial charge < -0.3 is 15.8 Å². The number of benzene rings is 1. The molecule has 1 aliphatic rings. The highest BCUT2D eigenvalue weighted by Crippen LogP contribution is 2.31. The molecule has 0 heterocycles. The number of anilines is 1. The van der Waals surface area contributed by atoms with Crippen molar-refractivity contribution in [1.29, 1.82) is 0 Å². The summed E-state index contributed by atoms with van der Waals surface area (Å²) >= 11 is 0. The van der Waals surface area contributed by atoms with E-state index in [4.69, 9.17) is 10.5 Å². The number of nitrogens with one attached hydrogen (secondary N) is 1. The second-order valence-corrected chi connectivity index (χ2v) is 4.97. The van der Waals surface area contributed by atoms with E-state index in [1.54, 1.807) is 0 Å². The average Bonchev–Trinajstić information content (AvgIpc) is 2.76. The van der Waals surface area contributed by atoms with Gasteiger partial charge in [-0.15, -0.1) is 0 Å². The van der Waals surface area contributed by atoms with Gasteiger partial charge >= 0.3 is 0 Å². The third-order valence-electron chi connectivity index (χ3n) is 3.52. The Balaban J connectivity index is 1.73. The SMILES string of the molecule is CCCCOCCNC1CCc2cc(N)ccc21. The average molecular weight is 248 g/mol. The first-order valence-corrected chi connectivity index (χ1v) is 7.00. The van der Waals surface area contributed by atoms with Gasteiger partial charge in [0, 0.05) is 24.9 Å². The lowest BCUT2D eigenvalue weighted by Crippen LogP contribution is -2.23. The maximum absolute atomic E-state index is 5.80. The number of hydrogen-bond donors (Lipinski definition) is 2. The molecule has 0 fully saturated rings. The van der Waals surface area contributed by atoms with Crippen LogP contribution in [0.25, 0.3) is 0 Å². The van der Waals surface area contributed by atoms with E-state index in [-0.39, 0.29) is 0 Å². The maximum Gasteiger partial charge on any atom is 0.0591 e. The van der Waals surface area contributed by atoms with Crippen LogP contribution >= 0.6 is 0 Å². The molecule has 1 atom stereocenters. The molecule has 18 heavy (non-hydrogen) atoms. The third kappa shape index (κ3) is 3.47. The molecule has 0 spiro atoms. The highest BCUT2D eigenvalue weighted by Gasteiger charge is 2.21. The lowest BCUT2D eigenvalue weighted by molar-refractivity contribution is 0.131. The molecule has 1 aromatic carbocycles. The van der Waals surface area contributed by atoms with Crippen molar-refractivity contribution in [1.82, 2.24) is 5.32 Å². The molecule has 3 N–H and O–H groups in total. The second-order valence-electron chi connectivity index (χ2n) is 4.97. The lowest BCUT2D eigenvalue weighted by atomic mass is 10.1. The predicted molar refractivity (Wildman–Crippen MR) is 75.6 cm³/mol. The van der Waals surface area contributed by atoms with Gasteiger partial charge in [-0.1, -0.05) is 19.4 Å². The van der Waals surface area contributed by atoms with Gasteiger partial charge in [-0.3, -0.25) is 0 Å². The van der Waals surface area contributed by atoms with Crippen molar-refractivity contribution in [2.45, 2.75) is 38.6 Å². The van der Waals surface area contributed by atoms with Crippen molar-refractivity contribution in [2.24, 2.45) is 0 Å². The number of unbranched alkanes of at least 4 members (excludes halogenated alkanes) is 1. The molecule has 0 saturated heterocycles. The van der Waals surface area contributed by atoms with E-state index in [2.05, 4.69) is 24.4 Å². The van der Waals surface area contributed by atoms with Crippen molar-refractivity contribution in [3.05, 3.63) is 29.3 Å². The van der Waals surface area contributed by atoms with E-state index in [9.17, 15) is 0 Å². The van der Waals surface area contributed by atoms with Crippen LogP contribution in [0, 0.1) is 0 Å². The predicted octanol–water partition coefficient (Wildman–Crippen LogP) is 2.66. The van der Waals surface area contributed by atoms with Crippen LogP contribution in [0.1, 0.15) is 43.4 Å². The Hall–Kier alpha value is -1.06. The van der Waals surface area contributed by atoms with Gasteiger partial charge in [-0.25, -0.2) is 0 Å². The Labute approximate surface area is 110 Å². The minimum atomic E-state index is 0.482. The van der Waals surface area contributed by atoms with E-state index in [0.717, 1.165) is 38.3 Å². The van der Waals surface area contributed by atoms with Crippen molar-refractivity contribution in [2.75, 3.05) is 25.5 Å². The van der Waals surface area contributed by atoms with Gasteiger partial charge in [0.05, 0.1) is 6.61 Å². The number of nitrogens with two attached hydrogens (primary N) is 1. The quantitative estimate of drug-likeness (QED) is 0.576. The fraction of sp³-hybridized carbons (Fsp3) is 0.600. The standard InChI is InChI=1S/C15H24N2O/c1-2-3-9-18-10-8-17-15-7-4-12-11-13(16)5-6-14(12)15/h5-6,11,15,17H,2-4,7-10,16H2,1H3. The summed E-state index contributed by atoms with van der Waals surface area (Å²) < 4.78 is 5.56. The van der Waals surface area contributed by atoms with Gasteiger partial charge in [0.15, 0.2) is 0 Å². The fourth-order valence-corrected chi connectivity index (χ4v) is 2.50. The topological polar surface area (TPSA) is 47.3 Å². The zero-order valence-electron chi connectivity index (χ0n) is 11.2. The summed E-state index contributed by atoms with van der Waals surface area (Å²) in [7, 11) is 0. The number of rotatable bonds is 7. The summed E-state index contributed by atoms with van der Waals surface area (Å²) in [6.07, 6.45) is 4.67. The van der Waals surface area contributed by atoms with Crippen LogP contribution in [0.2, 0.25) is 0 Å². The normalized spacial score (nSPS) is 17.9. The van der Waals surface area contributed by atoms with Crippen molar-refractivity contribution < 1.29 is 4.74 Å². The molecular formula is C15H24N2O. The van der Waals surface area contributed by atoms with Crippen molar-refractivity contribution >= 4 is 5.69 Å². The Bertz CT molecular complexity index is 379. The number of hydrogen-bond acceptors (Lipinski definition) is 3. The molecule has 0 aromatic heterocycles. The van der Waals surface area contributed by atoms with Crippen LogP contribution in [-0.2, 0) is 11.2 Å². The second kappa shape index (κ2) is 6.76. The van der Waals surface area contributed by atoms with Crippen LogP contribution in [0.3, 0.4) is 0 Å². The molecule has 100 valence electrons. The number of aryl methyl sites for hydroxylation is 1. The zero-order chi connectivity index (χ0) is 12.8. The van der Waals surface area contributed by atoms with E-state index in [1.807, 2.05) is 6.07 Å². The van der Waals surface area contributed by atoms with Crippen molar-refractivity contribution in [3.63, 3.8) is 0 Å². The van der Waals surface area contributed by atoms with Crippen LogP contribution in [0.4, 0.5) is 5.69 Å².